The van der Waals surface area contributed by atoms with Gasteiger partial charge in [0.2, 0.25) is 5.91 Å². The van der Waals surface area contributed by atoms with Crippen LogP contribution in [0.4, 0.5) is 11.4 Å². The van der Waals surface area contributed by atoms with Crippen LogP contribution in [0.1, 0.15) is 26.3 Å². The second-order valence-electron chi connectivity index (χ2n) is 6.70. The van der Waals surface area contributed by atoms with Crippen LogP contribution in [-0.2, 0) is 4.79 Å². The first-order valence-corrected chi connectivity index (χ1v) is 9.59. The number of carbonyl (C=O) groups is 1. The van der Waals surface area contributed by atoms with Gasteiger partial charge in [0.25, 0.3) is 0 Å². The molecule has 0 heterocycles. The van der Waals surface area contributed by atoms with Crippen molar-refractivity contribution in [1.82, 2.24) is 0 Å². The third-order valence-corrected chi connectivity index (χ3v) is 4.58. The molecule has 0 saturated carbocycles. The van der Waals surface area contributed by atoms with Crippen molar-refractivity contribution in [3.8, 4) is 17.2 Å². The number of carbonyl (C=O) groups excluding carboxylic acids is 1. The van der Waals surface area contributed by atoms with Gasteiger partial charge in [0, 0.05) is 41.7 Å². The predicted molar refractivity (Wildman–Crippen MR) is 118 cm³/mol. The van der Waals surface area contributed by atoms with E-state index in [0.717, 1.165) is 17.9 Å². The van der Waals surface area contributed by atoms with Gasteiger partial charge >= 0.3 is 0 Å². The summed E-state index contributed by atoms with van der Waals surface area (Å²) in [5, 5.41) is 2.87. The van der Waals surface area contributed by atoms with Gasteiger partial charge in [0.05, 0.1) is 21.3 Å². The Kier molecular flexibility index (Phi) is 7.95. The summed E-state index contributed by atoms with van der Waals surface area (Å²) in [6.45, 7) is 7.38. The van der Waals surface area contributed by atoms with Crippen molar-refractivity contribution in [3.05, 3.63) is 48.0 Å². The van der Waals surface area contributed by atoms with Crippen molar-refractivity contribution in [2.24, 2.45) is 0 Å². The van der Waals surface area contributed by atoms with Gasteiger partial charge in [-0.25, -0.2) is 0 Å². The van der Waals surface area contributed by atoms with Crippen LogP contribution in [0.25, 0.3) is 6.08 Å². The lowest BCUT2D eigenvalue weighted by atomic mass is 10.1. The maximum Gasteiger partial charge on any atom is 0.248 e. The van der Waals surface area contributed by atoms with E-state index in [1.54, 1.807) is 39.5 Å². The van der Waals surface area contributed by atoms with Gasteiger partial charge in [-0.15, -0.1) is 0 Å². The van der Waals surface area contributed by atoms with E-state index in [2.05, 4.69) is 31.0 Å². The molecule has 0 bridgehead atoms. The molecule has 2 rings (SSSR count). The first-order chi connectivity index (χ1) is 13.9. The Balaban J connectivity index is 2.12. The highest BCUT2D eigenvalue weighted by Crippen LogP contribution is 2.35. The number of benzene rings is 2. The molecule has 29 heavy (non-hydrogen) atoms. The molecule has 0 aromatic heterocycles. The van der Waals surface area contributed by atoms with Gasteiger partial charge < -0.3 is 24.4 Å². The molecule has 0 atom stereocenters. The van der Waals surface area contributed by atoms with Crippen LogP contribution in [0.3, 0.4) is 0 Å². The third-order valence-electron chi connectivity index (χ3n) is 4.58. The van der Waals surface area contributed by atoms with Crippen LogP contribution in [0.2, 0.25) is 0 Å². The molecule has 1 amide bonds. The van der Waals surface area contributed by atoms with Crippen molar-refractivity contribution in [2.75, 3.05) is 38.1 Å². The van der Waals surface area contributed by atoms with Crippen LogP contribution in [0.5, 0.6) is 17.2 Å². The minimum Gasteiger partial charge on any atom is -0.496 e. The number of rotatable bonds is 9. The third kappa shape index (κ3) is 5.67. The normalized spacial score (nSPS) is 10.9. The van der Waals surface area contributed by atoms with Crippen molar-refractivity contribution in [3.63, 3.8) is 0 Å². The second-order valence-corrected chi connectivity index (χ2v) is 6.70. The number of nitrogens with one attached hydrogen (secondary N) is 1. The first-order valence-electron chi connectivity index (χ1n) is 9.59. The van der Waals surface area contributed by atoms with Crippen LogP contribution >= 0.6 is 0 Å². The molecule has 0 unspecified atom stereocenters. The summed E-state index contributed by atoms with van der Waals surface area (Å²) < 4.78 is 16.0. The number of hydrogen-bond acceptors (Lipinski definition) is 5. The van der Waals surface area contributed by atoms with Crippen LogP contribution in [0.15, 0.2) is 42.5 Å². The van der Waals surface area contributed by atoms with Gasteiger partial charge in [-0.3, -0.25) is 4.79 Å². The van der Waals surface area contributed by atoms with Crippen LogP contribution in [0, 0.1) is 0 Å². The topological polar surface area (TPSA) is 60.0 Å². The van der Waals surface area contributed by atoms with Gasteiger partial charge in [-0.1, -0.05) is 0 Å². The van der Waals surface area contributed by atoms with Crippen LogP contribution < -0.4 is 24.4 Å². The Morgan fingerprint density at radius 2 is 1.59 bits per heavy atom. The molecular weight excluding hydrogens is 368 g/mol. The smallest absolute Gasteiger partial charge is 0.248 e. The zero-order chi connectivity index (χ0) is 21.4. The second kappa shape index (κ2) is 10.4. The van der Waals surface area contributed by atoms with E-state index in [0.29, 0.717) is 28.9 Å². The van der Waals surface area contributed by atoms with E-state index in [9.17, 15) is 4.79 Å². The fraction of sp³-hybridized carbons (Fsp3) is 0.348. The Morgan fingerprint density at radius 1 is 1.00 bits per heavy atom. The average Bonchev–Trinajstić information content (AvgIpc) is 2.73. The molecule has 0 spiro atoms. The number of nitrogens with zero attached hydrogens (tertiary/aromatic N) is 1. The van der Waals surface area contributed by atoms with E-state index >= 15 is 0 Å². The minimum absolute atomic E-state index is 0.231. The minimum atomic E-state index is -0.231. The highest BCUT2D eigenvalue weighted by molar-refractivity contribution is 6.02. The molecule has 156 valence electrons. The highest BCUT2D eigenvalue weighted by Gasteiger charge is 2.11. The molecule has 2 aromatic rings. The largest absolute Gasteiger partial charge is 0.496 e. The maximum absolute atomic E-state index is 12.3. The van der Waals surface area contributed by atoms with Crippen LogP contribution in [-0.4, -0.2) is 39.8 Å². The summed E-state index contributed by atoms with van der Waals surface area (Å²) in [6.07, 6.45) is 3.15. The van der Waals surface area contributed by atoms with Gasteiger partial charge in [0.1, 0.15) is 5.75 Å². The van der Waals surface area contributed by atoms with E-state index in [1.807, 2.05) is 24.3 Å². The van der Waals surface area contributed by atoms with Crippen molar-refractivity contribution in [2.45, 2.75) is 26.8 Å². The number of anilines is 2. The van der Waals surface area contributed by atoms with E-state index in [-0.39, 0.29) is 5.91 Å². The van der Waals surface area contributed by atoms with E-state index in [1.165, 1.54) is 6.08 Å². The van der Waals surface area contributed by atoms with Gasteiger partial charge in [0.15, 0.2) is 11.5 Å². The molecule has 0 aliphatic rings. The highest BCUT2D eigenvalue weighted by atomic mass is 16.5. The summed E-state index contributed by atoms with van der Waals surface area (Å²) in [6, 6.07) is 11.7. The zero-order valence-corrected chi connectivity index (χ0v) is 18.0. The number of amides is 1. The Bertz CT molecular complexity index is 845. The molecule has 0 fully saturated rings. The zero-order valence-electron chi connectivity index (χ0n) is 18.0. The van der Waals surface area contributed by atoms with Crippen molar-refractivity contribution in [1.29, 1.82) is 0 Å². The summed E-state index contributed by atoms with van der Waals surface area (Å²) in [5.41, 5.74) is 2.58. The molecule has 0 saturated heterocycles. The lowest BCUT2D eigenvalue weighted by Gasteiger charge is -2.27. The van der Waals surface area contributed by atoms with E-state index in [4.69, 9.17) is 14.2 Å². The maximum atomic E-state index is 12.3. The molecular formula is C23H30N2O4. The van der Waals surface area contributed by atoms with Gasteiger partial charge in [-0.05, 0) is 57.2 Å². The molecule has 6 nitrogen and oxygen atoms in total. The Morgan fingerprint density at radius 3 is 2.10 bits per heavy atom. The molecule has 6 heteroatoms. The SMILES string of the molecule is CCN(c1ccc(NC(=O)/C=C/c2cc(OC)c(OC)cc2OC)cc1)C(C)C. The summed E-state index contributed by atoms with van der Waals surface area (Å²) >= 11 is 0. The number of hydrogen-bond donors (Lipinski definition) is 1. The molecule has 1 N–H and O–H groups in total. The summed E-state index contributed by atoms with van der Waals surface area (Å²) in [5.74, 6) is 1.48. The predicted octanol–water partition coefficient (Wildman–Crippen LogP) is 4.60. The fourth-order valence-corrected chi connectivity index (χ4v) is 3.11. The van der Waals surface area contributed by atoms with Crippen molar-refractivity contribution < 1.29 is 19.0 Å². The standard InChI is InChI=1S/C23H30N2O4/c1-7-25(16(2)3)19-11-9-18(10-12-19)24-23(26)13-8-17-14-21(28-5)22(29-6)15-20(17)27-4/h8-16H,7H2,1-6H3,(H,24,26)/b13-8+. The molecule has 0 radical (unpaired) electrons. The molecule has 2 aromatic carbocycles. The quantitative estimate of drug-likeness (QED) is 0.626. The van der Waals surface area contributed by atoms with E-state index < -0.39 is 0 Å². The summed E-state index contributed by atoms with van der Waals surface area (Å²) in [7, 11) is 4.69. The molecule has 0 aliphatic heterocycles. The number of methoxy groups -OCH3 is 3. The van der Waals surface area contributed by atoms with Crippen molar-refractivity contribution >= 4 is 23.4 Å². The Hall–Kier alpha value is -3.15. The lowest BCUT2D eigenvalue weighted by molar-refractivity contribution is -0.111. The lowest BCUT2D eigenvalue weighted by Crippen LogP contribution is -2.30. The molecule has 0 aliphatic carbocycles. The first kappa shape index (κ1) is 22.1. The summed E-state index contributed by atoms with van der Waals surface area (Å²) in [4.78, 5) is 14.6. The fourth-order valence-electron chi connectivity index (χ4n) is 3.11. The number of ether oxygens (including phenoxy) is 3. The van der Waals surface area contributed by atoms with Gasteiger partial charge in [-0.2, -0.15) is 0 Å². The average molecular weight is 399 g/mol. The monoisotopic (exact) mass is 398 g/mol. The Labute approximate surface area is 173 Å².